The molecule has 0 amide bonds. The molecule has 1 aromatic heterocycles. The predicted molar refractivity (Wildman–Crippen MR) is 56.5 cm³/mol. The van der Waals surface area contributed by atoms with Crippen LogP contribution in [0.1, 0.15) is 5.69 Å². The molecule has 1 saturated heterocycles. The van der Waals surface area contributed by atoms with Crippen molar-refractivity contribution in [2.45, 2.75) is 0 Å². The van der Waals surface area contributed by atoms with E-state index in [2.05, 4.69) is 27.9 Å². The second-order valence-electron chi connectivity index (χ2n) is 3.42. The lowest BCUT2D eigenvalue weighted by Crippen LogP contribution is -2.44. The summed E-state index contributed by atoms with van der Waals surface area (Å²) in [6.07, 6.45) is 0. The maximum atomic E-state index is 8.66. The molecule has 1 aliphatic heterocycles. The molecular formula is C9H12N4S. The first kappa shape index (κ1) is 9.44. The molecule has 74 valence electrons. The van der Waals surface area contributed by atoms with Crippen molar-refractivity contribution in [3.05, 3.63) is 11.1 Å². The van der Waals surface area contributed by atoms with Gasteiger partial charge < -0.3 is 9.80 Å². The Hall–Kier alpha value is -1.12. The molecule has 1 fully saturated rings. The van der Waals surface area contributed by atoms with E-state index in [4.69, 9.17) is 5.26 Å². The summed E-state index contributed by atoms with van der Waals surface area (Å²) in [7, 11) is 2.12. The molecule has 1 aliphatic rings. The van der Waals surface area contributed by atoms with Gasteiger partial charge in [-0.25, -0.2) is 4.98 Å². The quantitative estimate of drug-likeness (QED) is 0.683. The van der Waals surface area contributed by atoms with Gasteiger partial charge in [0.1, 0.15) is 6.07 Å². The van der Waals surface area contributed by atoms with Crippen LogP contribution >= 0.6 is 11.3 Å². The third-order valence-corrected chi connectivity index (χ3v) is 3.28. The molecule has 0 aliphatic carbocycles. The van der Waals surface area contributed by atoms with Crippen LogP contribution in [0, 0.1) is 11.3 Å². The molecule has 0 saturated carbocycles. The molecule has 0 N–H and O–H groups in total. The second kappa shape index (κ2) is 3.95. The molecule has 1 aromatic rings. The minimum absolute atomic E-state index is 0.531. The molecule has 0 bridgehead atoms. The Labute approximate surface area is 87.4 Å². The number of hydrogen-bond acceptors (Lipinski definition) is 5. The van der Waals surface area contributed by atoms with Gasteiger partial charge >= 0.3 is 0 Å². The van der Waals surface area contributed by atoms with E-state index in [0.29, 0.717) is 5.69 Å². The minimum Gasteiger partial charge on any atom is -0.345 e. The van der Waals surface area contributed by atoms with E-state index in [0.717, 1.165) is 31.3 Å². The van der Waals surface area contributed by atoms with Crippen molar-refractivity contribution in [2.75, 3.05) is 38.1 Å². The zero-order valence-corrected chi connectivity index (χ0v) is 8.92. The van der Waals surface area contributed by atoms with Gasteiger partial charge in [0.15, 0.2) is 10.8 Å². The molecule has 0 atom stereocenters. The summed E-state index contributed by atoms with van der Waals surface area (Å²) in [5, 5.41) is 11.5. The summed E-state index contributed by atoms with van der Waals surface area (Å²) in [6.45, 7) is 4.16. The number of piperazine rings is 1. The van der Waals surface area contributed by atoms with Gasteiger partial charge in [-0.2, -0.15) is 5.26 Å². The SMILES string of the molecule is CN1CCN(c2nc(C#N)cs2)CC1. The highest BCUT2D eigenvalue weighted by Crippen LogP contribution is 2.20. The van der Waals surface area contributed by atoms with Gasteiger partial charge in [-0.1, -0.05) is 0 Å². The Morgan fingerprint density at radius 2 is 2.14 bits per heavy atom. The van der Waals surface area contributed by atoms with Crippen molar-refractivity contribution < 1.29 is 0 Å². The van der Waals surface area contributed by atoms with Gasteiger partial charge in [0.05, 0.1) is 0 Å². The van der Waals surface area contributed by atoms with Crippen LogP contribution in [0.2, 0.25) is 0 Å². The number of thiazole rings is 1. The highest BCUT2D eigenvalue weighted by Gasteiger charge is 2.16. The Balaban J connectivity index is 2.05. The number of nitriles is 1. The van der Waals surface area contributed by atoms with Crippen LogP contribution < -0.4 is 4.90 Å². The molecule has 5 heteroatoms. The van der Waals surface area contributed by atoms with E-state index in [1.165, 1.54) is 0 Å². The third-order valence-electron chi connectivity index (χ3n) is 2.38. The van der Waals surface area contributed by atoms with Gasteiger partial charge in [0, 0.05) is 31.6 Å². The smallest absolute Gasteiger partial charge is 0.186 e. The number of likely N-dealkylation sites (N-methyl/N-ethyl adjacent to an activating group) is 1. The highest BCUT2D eigenvalue weighted by molar-refractivity contribution is 7.13. The lowest BCUT2D eigenvalue weighted by Gasteiger charge is -2.31. The molecule has 0 radical (unpaired) electrons. The lowest BCUT2D eigenvalue weighted by atomic mass is 10.3. The molecule has 14 heavy (non-hydrogen) atoms. The average Bonchev–Trinajstić information content (AvgIpc) is 2.67. The van der Waals surface area contributed by atoms with Gasteiger partial charge in [0.25, 0.3) is 0 Å². The monoisotopic (exact) mass is 208 g/mol. The Kier molecular flexibility index (Phi) is 2.66. The van der Waals surface area contributed by atoms with E-state index >= 15 is 0 Å². The normalized spacial score (nSPS) is 18.1. The molecule has 2 heterocycles. The van der Waals surface area contributed by atoms with Crippen LogP contribution in [0.5, 0.6) is 0 Å². The van der Waals surface area contributed by atoms with Gasteiger partial charge in [0.2, 0.25) is 0 Å². The molecular weight excluding hydrogens is 196 g/mol. The fraction of sp³-hybridized carbons (Fsp3) is 0.556. The first-order valence-corrected chi connectivity index (χ1v) is 5.46. The highest BCUT2D eigenvalue weighted by atomic mass is 32.1. The molecule has 2 rings (SSSR count). The lowest BCUT2D eigenvalue weighted by molar-refractivity contribution is 0.312. The van der Waals surface area contributed by atoms with Crippen molar-refractivity contribution in [3.63, 3.8) is 0 Å². The number of rotatable bonds is 1. The van der Waals surface area contributed by atoms with Gasteiger partial charge in [-0.15, -0.1) is 11.3 Å². The molecule has 0 aromatic carbocycles. The summed E-state index contributed by atoms with van der Waals surface area (Å²) in [5.41, 5.74) is 0.531. The molecule has 4 nitrogen and oxygen atoms in total. The number of aromatic nitrogens is 1. The zero-order chi connectivity index (χ0) is 9.97. The third kappa shape index (κ3) is 1.86. The number of nitrogens with zero attached hydrogens (tertiary/aromatic N) is 4. The van der Waals surface area contributed by atoms with Gasteiger partial charge in [-0.3, -0.25) is 0 Å². The van der Waals surface area contributed by atoms with Gasteiger partial charge in [-0.05, 0) is 7.05 Å². The van der Waals surface area contributed by atoms with Crippen LogP contribution in [0.25, 0.3) is 0 Å². The van der Waals surface area contributed by atoms with Crippen LogP contribution in [0.4, 0.5) is 5.13 Å². The standard InChI is InChI=1S/C9H12N4S/c1-12-2-4-13(5-3-12)9-11-8(6-10)7-14-9/h7H,2-5H2,1H3. The number of anilines is 1. The molecule has 0 unspecified atom stereocenters. The van der Waals surface area contributed by atoms with Crippen molar-refractivity contribution in [2.24, 2.45) is 0 Å². The summed E-state index contributed by atoms with van der Waals surface area (Å²) in [4.78, 5) is 8.78. The maximum absolute atomic E-state index is 8.66. The van der Waals surface area contributed by atoms with E-state index in [1.54, 1.807) is 11.3 Å². The summed E-state index contributed by atoms with van der Waals surface area (Å²) in [6, 6.07) is 2.06. The average molecular weight is 208 g/mol. The fourth-order valence-corrected chi connectivity index (χ4v) is 2.26. The van der Waals surface area contributed by atoms with Crippen LogP contribution in [-0.4, -0.2) is 43.1 Å². The first-order chi connectivity index (χ1) is 6.79. The van der Waals surface area contributed by atoms with E-state index < -0.39 is 0 Å². The van der Waals surface area contributed by atoms with Crippen LogP contribution in [0.3, 0.4) is 0 Å². The second-order valence-corrected chi connectivity index (χ2v) is 4.25. The van der Waals surface area contributed by atoms with Crippen molar-refractivity contribution in [1.82, 2.24) is 9.88 Å². The molecule has 0 spiro atoms. The minimum atomic E-state index is 0.531. The predicted octanol–water partition coefficient (Wildman–Crippen LogP) is 0.767. The topological polar surface area (TPSA) is 43.2 Å². The van der Waals surface area contributed by atoms with E-state index in [-0.39, 0.29) is 0 Å². The summed E-state index contributed by atoms with van der Waals surface area (Å²) >= 11 is 1.56. The fourth-order valence-electron chi connectivity index (χ4n) is 1.46. The number of hydrogen-bond donors (Lipinski definition) is 0. The van der Waals surface area contributed by atoms with Crippen LogP contribution in [0.15, 0.2) is 5.38 Å². The summed E-state index contributed by atoms with van der Waals surface area (Å²) < 4.78 is 0. The van der Waals surface area contributed by atoms with Crippen LogP contribution in [-0.2, 0) is 0 Å². The maximum Gasteiger partial charge on any atom is 0.186 e. The first-order valence-electron chi connectivity index (χ1n) is 4.59. The van der Waals surface area contributed by atoms with E-state index in [1.807, 2.05) is 5.38 Å². The summed E-state index contributed by atoms with van der Waals surface area (Å²) in [5.74, 6) is 0. The van der Waals surface area contributed by atoms with Crippen molar-refractivity contribution in [1.29, 1.82) is 5.26 Å². The Bertz CT molecular complexity index is 346. The zero-order valence-electron chi connectivity index (χ0n) is 8.10. The van der Waals surface area contributed by atoms with Crippen molar-refractivity contribution in [3.8, 4) is 6.07 Å². The Morgan fingerprint density at radius 1 is 1.43 bits per heavy atom. The van der Waals surface area contributed by atoms with E-state index in [9.17, 15) is 0 Å². The Morgan fingerprint density at radius 3 is 2.71 bits per heavy atom. The van der Waals surface area contributed by atoms with Crippen molar-refractivity contribution >= 4 is 16.5 Å². The largest absolute Gasteiger partial charge is 0.345 e.